The fourth-order valence-corrected chi connectivity index (χ4v) is 2.88. The maximum absolute atomic E-state index is 11.9. The van der Waals surface area contributed by atoms with Crippen molar-refractivity contribution >= 4 is 11.8 Å². The molecule has 1 unspecified atom stereocenters. The molecule has 21 heavy (non-hydrogen) atoms. The second-order valence-corrected chi connectivity index (χ2v) is 5.73. The van der Waals surface area contributed by atoms with Crippen LogP contribution in [0.4, 0.5) is 5.88 Å². The van der Waals surface area contributed by atoms with Gasteiger partial charge >= 0.3 is 0 Å². The fraction of sp³-hybridized carbons (Fsp3) is 0.375. The van der Waals surface area contributed by atoms with Gasteiger partial charge in [0.05, 0.1) is 5.69 Å². The van der Waals surface area contributed by atoms with Crippen LogP contribution in [0.1, 0.15) is 39.5 Å². The average molecular weight is 285 g/mol. The molecule has 0 radical (unpaired) electrons. The number of hydrogen-bond donors (Lipinski definition) is 1. The number of anilines is 1. The van der Waals surface area contributed by atoms with Crippen molar-refractivity contribution in [1.82, 2.24) is 10.1 Å². The maximum atomic E-state index is 11.9. The van der Waals surface area contributed by atoms with E-state index in [-0.39, 0.29) is 5.91 Å². The molecule has 2 N–H and O–H groups in total. The smallest absolute Gasteiger partial charge is 0.253 e. The highest BCUT2D eigenvalue weighted by Crippen LogP contribution is 2.34. The topological polar surface area (TPSA) is 72.4 Å². The van der Waals surface area contributed by atoms with Crippen LogP contribution in [0.25, 0.3) is 0 Å². The summed E-state index contributed by atoms with van der Waals surface area (Å²) in [6.45, 7) is 0. The third kappa shape index (κ3) is 2.51. The molecule has 1 heterocycles. The Morgan fingerprint density at radius 1 is 1.33 bits per heavy atom. The van der Waals surface area contributed by atoms with Crippen molar-refractivity contribution in [3.8, 4) is 0 Å². The van der Waals surface area contributed by atoms with Gasteiger partial charge in [0.1, 0.15) is 0 Å². The first kappa shape index (κ1) is 13.7. The van der Waals surface area contributed by atoms with Crippen LogP contribution in [-0.2, 0) is 12.8 Å². The molecule has 0 fully saturated rings. The van der Waals surface area contributed by atoms with Crippen molar-refractivity contribution in [1.29, 1.82) is 0 Å². The van der Waals surface area contributed by atoms with E-state index in [1.54, 1.807) is 19.0 Å². The summed E-state index contributed by atoms with van der Waals surface area (Å²) in [6, 6.07) is 7.86. The average Bonchev–Trinajstić information content (AvgIpc) is 2.87. The lowest BCUT2D eigenvalue weighted by molar-refractivity contribution is 0.0827. The molecule has 0 saturated carbocycles. The van der Waals surface area contributed by atoms with Gasteiger partial charge in [-0.15, -0.1) is 0 Å². The number of rotatable bonds is 2. The molecule has 0 saturated heterocycles. The molecular weight excluding hydrogens is 266 g/mol. The summed E-state index contributed by atoms with van der Waals surface area (Å²) in [7, 11) is 3.52. The molecule has 0 spiro atoms. The van der Waals surface area contributed by atoms with Crippen LogP contribution in [0.5, 0.6) is 0 Å². The molecule has 0 bridgehead atoms. The summed E-state index contributed by atoms with van der Waals surface area (Å²) >= 11 is 0. The Hall–Kier alpha value is -2.30. The highest BCUT2D eigenvalue weighted by Gasteiger charge is 2.25. The van der Waals surface area contributed by atoms with Crippen LogP contribution in [0.3, 0.4) is 0 Å². The Kier molecular flexibility index (Phi) is 3.41. The molecule has 5 heteroatoms. The molecule has 5 nitrogen and oxygen atoms in total. The Labute approximate surface area is 123 Å². The van der Waals surface area contributed by atoms with E-state index in [1.807, 2.05) is 24.3 Å². The fourth-order valence-electron chi connectivity index (χ4n) is 2.88. The zero-order valence-corrected chi connectivity index (χ0v) is 12.3. The minimum Gasteiger partial charge on any atom is -0.367 e. The van der Waals surface area contributed by atoms with Crippen LogP contribution in [0, 0.1) is 0 Å². The molecule has 1 aliphatic rings. The van der Waals surface area contributed by atoms with E-state index in [0.29, 0.717) is 17.4 Å². The molecule has 3 rings (SSSR count). The van der Waals surface area contributed by atoms with Crippen LogP contribution in [0.2, 0.25) is 0 Å². The van der Waals surface area contributed by atoms with E-state index < -0.39 is 0 Å². The van der Waals surface area contributed by atoms with Gasteiger partial charge in [0, 0.05) is 31.6 Å². The molecule has 1 amide bonds. The zero-order chi connectivity index (χ0) is 15.0. The van der Waals surface area contributed by atoms with Gasteiger partial charge in [-0.05, 0) is 36.5 Å². The number of hydrogen-bond acceptors (Lipinski definition) is 4. The van der Waals surface area contributed by atoms with Gasteiger partial charge in [-0.1, -0.05) is 17.3 Å². The van der Waals surface area contributed by atoms with Crippen LogP contribution >= 0.6 is 0 Å². The summed E-state index contributed by atoms with van der Waals surface area (Å²) in [4.78, 5) is 13.5. The first-order chi connectivity index (χ1) is 10.1. The number of carbonyl (C=O) groups excluding carboxylic acids is 1. The Morgan fingerprint density at radius 3 is 2.71 bits per heavy atom. The predicted molar refractivity (Wildman–Crippen MR) is 80.1 cm³/mol. The number of nitrogen functional groups attached to an aromatic ring is 1. The highest BCUT2D eigenvalue weighted by molar-refractivity contribution is 5.93. The van der Waals surface area contributed by atoms with Crippen LogP contribution in [-0.4, -0.2) is 30.1 Å². The van der Waals surface area contributed by atoms with E-state index >= 15 is 0 Å². The minimum absolute atomic E-state index is 0.0248. The minimum atomic E-state index is 0.0248. The van der Waals surface area contributed by atoms with Crippen molar-refractivity contribution in [2.45, 2.75) is 25.2 Å². The van der Waals surface area contributed by atoms with Gasteiger partial charge in [0.15, 0.2) is 0 Å². The lowest BCUT2D eigenvalue weighted by Gasteiger charge is -2.21. The van der Waals surface area contributed by atoms with Crippen LogP contribution < -0.4 is 5.73 Å². The van der Waals surface area contributed by atoms with E-state index in [4.69, 9.17) is 10.3 Å². The number of aromatic nitrogens is 1. The lowest BCUT2D eigenvalue weighted by atomic mass is 9.83. The van der Waals surface area contributed by atoms with Crippen molar-refractivity contribution in [2.75, 3.05) is 19.8 Å². The van der Waals surface area contributed by atoms with Gasteiger partial charge in [0.2, 0.25) is 5.88 Å². The first-order valence-corrected chi connectivity index (χ1v) is 7.10. The Bertz CT molecular complexity index is 659. The normalized spacial score (nSPS) is 17.3. The Morgan fingerprint density at radius 2 is 2.05 bits per heavy atom. The second-order valence-electron chi connectivity index (χ2n) is 5.73. The van der Waals surface area contributed by atoms with Gasteiger partial charge in [-0.3, -0.25) is 4.79 Å². The maximum Gasteiger partial charge on any atom is 0.253 e. The number of nitrogens with two attached hydrogens (primary N) is 1. The summed E-state index contributed by atoms with van der Waals surface area (Å²) in [5, 5.41) is 4.04. The summed E-state index contributed by atoms with van der Waals surface area (Å²) in [6.07, 6.45) is 2.77. The highest BCUT2D eigenvalue weighted by atomic mass is 16.5. The SMILES string of the molecule is CN(C)C(=O)c1ccc(C2CCc3c(noc3N)C2)cc1. The third-order valence-electron chi connectivity index (χ3n) is 4.12. The van der Waals surface area contributed by atoms with Crippen molar-refractivity contribution < 1.29 is 9.32 Å². The predicted octanol–water partition coefficient (Wildman–Crippen LogP) is 2.23. The number of amides is 1. The molecular formula is C16H19N3O2. The van der Waals surface area contributed by atoms with Crippen molar-refractivity contribution in [3.63, 3.8) is 0 Å². The molecule has 110 valence electrons. The monoisotopic (exact) mass is 285 g/mol. The standard InChI is InChI=1S/C16H19N3O2/c1-19(2)16(20)11-5-3-10(4-6-11)12-7-8-13-14(9-12)18-21-15(13)17/h3-6,12H,7-9,17H2,1-2H3. The van der Waals surface area contributed by atoms with Gasteiger partial charge in [-0.25, -0.2) is 0 Å². The summed E-state index contributed by atoms with van der Waals surface area (Å²) in [5.41, 5.74) is 9.73. The molecule has 1 aromatic carbocycles. The third-order valence-corrected chi connectivity index (χ3v) is 4.12. The van der Waals surface area contributed by atoms with Gasteiger partial charge in [-0.2, -0.15) is 0 Å². The zero-order valence-electron chi connectivity index (χ0n) is 12.3. The molecule has 1 aliphatic carbocycles. The van der Waals surface area contributed by atoms with E-state index in [2.05, 4.69) is 5.16 Å². The van der Waals surface area contributed by atoms with E-state index in [1.165, 1.54) is 5.56 Å². The largest absolute Gasteiger partial charge is 0.367 e. The van der Waals surface area contributed by atoms with Gasteiger partial charge < -0.3 is 15.2 Å². The number of nitrogens with zero attached hydrogens (tertiary/aromatic N) is 2. The van der Waals surface area contributed by atoms with Crippen LogP contribution in [0.15, 0.2) is 28.8 Å². The molecule has 2 aromatic rings. The number of fused-ring (bicyclic) bond motifs is 1. The summed E-state index contributed by atoms with van der Waals surface area (Å²) in [5.74, 6) is 0.887. The van der Waals surface area contributed by atoms with E-state index in [0.717, 1.165) is 30.5 Å². The number of benzene rings is 1. The first-order valence-electron chi connectivity index (χ1n) is 7.10. The molecule has 0 aliphatic heterocycles. The quantitative estimate of drug-likeness (QED) is 0.918. The second kappa shape index (κ2) is 5.24. The van der Waals surface area contributed by atoms with Crippen molar-refractivity contribution in [2.24, 2.45) is 0 Å². The lowest BCUT2D eigenvalue weighted by Crippen LogP contribution is -2.21. The molecule has 1 atom stereocenters. The van der Waals surface area contributed by atoms with Gasteiger partial charge in [0.25, 0.3) is 5.91 Å². The van der Waals surface area contributed by atoms with E-state index in [9.17, 15) is 4.79 Å². The molecule has 1 aromatic heterocycles. The Balaban J connectivity index is 1.78. The number of carbonyl (C=O) groups is 1. The summed E-state index contributed by atoms with van der Waals surface area (Å²) < 4.78 is 5.06. The van der Waals surface area contributed by atoms with Crippen molar-refractivity contribution in [3.05, 3.63) is 46.6 Å².